The molecule has 0 atom stereocenters. The maximum atomic E-state index is 12.1. The van der Waals surface area contributed by atoms with Gasteiger partial charge in [0.15, 0.2) is 11.7 Å². The standard InChI is InChI=1S/C63H116N2O7/c1-4-7-10-13-25-34-43-57-70-61(60-67)47-37-28-19-16-22-33-42-52-65(55-56-66)54-46-53-64(50-40-31-23-17-20-29-38-48-62(68)71-58-44-35-26-14-11-8-5-2)51-41-32-24-18-21-30-39-49-63(69)72-59-45-36-27-15-12-9-6-3/h34-36,43-45,66H,4-33,37-42,46-59H2,1-3H3/b43-34-,44-35-,45-36-. The molecule has 9 nitrogen and oxygen atoms in total. The van der Waals surface area contributed by atoms with Gasteiger partial charge in [0, 0.05) is 25.8 Å². The minimum Gasteiger partial charge on any atom is -0.482 e. The first kappa shape index (κ1) is 69.3. The Bertz CT molecular complexity index is 1240. The maximum Gasteiger partial charge on any atom is 0.306 e. The van der Waals surface area contributed by atoms with Crippen molar-refractivity contribution in [3.8, 4) is 0 Å². The van der Waals surface area contributed by atoms with E-state index in [0.717, 1.165) is 103 Å². The van der Waals surface area contributed by atoms with Gasteiger partial charge >= 0.3 is 11.9 Å². The van der Waals surface area contributed by atoms with Crippen molar-refractivity contribution >= 4 is 17.9 Å². The first-order chi connectivity index (χ1) is 35.5. The molecule has 0 spiro atoms. The van der Waals surface area contributed by atoms with Gasteiger partial charge in [-0.05, 0) is 116 Å². The number of nitrogens with zero attached hydrogens (tertiary/aromatic N) is 2. The summed E-state index contributed by atoms with van der Waals surface area (Å²) in [5.41, 5.74) is 0. The average Bonchev–Trinajstić information content (AvgIpc) is 3.38. The molecule has 0 rings (SSSR count). The molecule has 0 aliphatic carbocycles. The molecule has 420 valence electrons. The van der Waals surface area contributed by atoms with Gasteiger partial charge in [0.2, 0.25) is 0 Å². The summed E-state index contributed by atoms with van der Waals surface area (Å²) in [6.45, 7) is 14.4. The number of hydrogen-bond donors (Lipinski definition) is 1. The van der Waals surface area contributed by atoms with Gasteiger partial charge in [-0.25, -0.2) is 4.79 Å². The van der Waals surface area contributed by atoms with Crippen LogP contribution in [0.1, 0.15) is 278 Å². The van der Waals surface area contributed by atoms with E-state index in [1.807, 2.05) is 24.2 Å². The number of rotatable bonds is 58. The fourth-order valence-corrected chi connectivity index (χ4v) is 9.16. The lowest BCUT2D eigenvalue weighted by Gasteiger charge is -2.26. The second kappa shape index (κ2) is 59.2. The van der Waals surface area contributed by atoms with Crippen molar-refractivity contribution in [3.63, 3.8) is 0 Å². The van der Waals surface area contributed by atoms with Gasteiger partial charge in [-0.2, -0.15) is 0 Å². The zero-order chi connectivity index (χ0) is 52.3. The summed E-state index contributed by atoms with van der Waals surface area (Å²) in [7, 11) is 0. The molecule has 0 fully saturated rings. The number of allylic oxidation sites excluding steroid dienone is 4. The first-order valence-corrected chi connectivity index (χ1v) is 30.7. The average molecular weight is 1010 g/mol. The van der Waals surface area contributed by atoms with Crippen LogP contribution in [0, 0.1) is 0 Å². The van der Waals surface area contributed by atoms with Crippen LogP contribution in [0.5, 0.6) is 0 Å². The molecular formula is C63H116N2O7. The Morgan fingerprint density at radius 2 is 0.667 bits per heavy atom. The Kier molecular flexibility index (Phi) is 56.9. The van der Waals surface area contributed by atoms with E-state index in [2.05, 4.69) is 48.8 Å². The smallest absolute Gasteiger partial charge is 0.306 e. The van der Waals surface area contributed by atoms with Gasteiger partial charge in [0.1, 0.15) is 19.8 Å². The van der Waals surface area contributed by atoms with E-state index in [1.54, 1.807) is 0 Å². The summed E-state index contributed by atoms with van der Waals surface area (Å²) in [6.07, 6.45) is 58.2. The monoisotopic (exact) mass is 1010 g/mol. The van der Waals surface area contributed by atoms with Crippen molar-refractivity contribution in [2.24, 2.45) is 0 Å². The molecule has 0 aliphatic rings. The van der Waals surface area contributed by atoms with Crippen LogP contribution in [0.15, 0.2) is 42.2 Å². The van der Waals surface area contributed by atoms with E-state index >= 15 is 0 Å². The minimum absolute atomic E-state index is 0.0667. The zero-order valence-electron chi connectivity index (χ0n) is 47.6. The lowest BCUT2D eigenvalue weighted by atomic mass is 10.1. The normalized spacial score (nSPS) is 11.8. The summed E-state index contributed by atoms with van der Waals surface area (Å²) in [6, 6.07) is 0. The van der Waals surface area contributed by atoms with Gasteiger partial charge in [-0.1, -0.05) is 211 Å². The van der Waals surface area contributed by atoms with Crippen molar-refractivity contribution in [2.45, 2.75) is 278 Å². The number of carbonyl (C=O) groups excluding carboxylic acids is 3. The highest BCUT2D eigenvalue weighted by atomic mass is 16.5. The molecule has 0 saturated carbocycles. The second-order valence-corrected chi connectivity index (χ2v) is 20.6. The SMILES string of the molecule is CCCCCC/C=C\COC(=O)CCCCCCCCCN(CCCCCCCCCC(=O)OC/C=C\CCCCCC)CCCN(CCO)CCCCCCCCCC(=C=O)OC/C=C\CCCCCC. The highest BCUT2D eigenvalue weighted by molar-refractivity contribution is 5.69. The molecule has 0 bridgehead atoms. The molecule has 9 heteroatoms. The Morgan fingerprint density at radius 1 is 0.361 bits per heavy atom. The van der Waals surface area contributed by atoms with Crippen molar-refractivity contribution in [1.29, 1.82) is 0 Å². The van der Waals surface area contributed by atoms with Crippen LogP contribution in [-0.2, 0) is 28.6 Å². The van der Waals surface area contributed by atoms with E-state index in [4.69, 9.17) is 14.2 Å². The maximum absolute atomic E-state index is 12.1. The van der Waals surface area contributed by atoms with Crippen molar-refractivity contribution in [1.82, 2.24) is 9.80 Å². The summed E-state index contributed by atoms with van der Waals surface area (Å²) in [5, 5.41) is 9.86. The van der Waals surface area contributed by atoms with Gasteiger partial charge in [0.25, 0.3) is 0 Å². The second-order valence-electron chi connectivity index (χ2n) is 20.6. The molecule has 0 aromatic heterocycles. The van der Waals surface area contributed by atoms with Crippen LogP contribution in [0.2, 0.25) is 0 Å². The molecule has 0 unspecified atom stereocenters. The number of hydrogen-bond acceptors (Lipinski definition) is 9. The number of carbonyl (C=O) groups is 2. The first-order valence-electron chi connectivity index (χ1n) is 30.7. The molecule has 0 aromatic carbocycles. The van der Waals surface area contributed by atoms with Crippen LogP contribution < -0.4 is 0 Å². The van der Waals surface area contributed by atoms with Gasteiger partial charge in [0.05, 0.1) is 6.61 Å². The van der Waals surface area contributed by atoms with Gasteiger partial charge in [-0.15, -0.1) is 0 Å². The molecule has 0 heterocycles. The topological polar surface area (TPSA) is 106 Å². The number of aliphatic hydroxyl groups is 1. The number of aliphatic hydroxyl groups excluding tert-OH is 1. The summed E-state index contributed by atoms with van der Waals surface area (Å²) in [5.74, 6) is 2.34. The molecular weight excluding hydrogens is 897 g/mol. The van der Waals surface area contributed by atoms with E-state index in [0.29, 0.717) is 44.8 Å². The third kappa shape index (κ3) is 53.6. The Morgan fingerprint density at radius 3 is 1.03 bits per heavy atom. The predicted molar refractivity (Wildman–Crippen MR) is 306 cm³/mol. The van der Waals surface area contributed by atoms with Crippen molar-refractivity contribution in [2.75, 3.05) is 65.7 Å². The third-order valence-corrected chi connectivity index (χ3v) is 13.8. The molecule has 0 amide bonds. The molecule has 0 aromatic rings. The quantitative estimate of drug-likeness (QED) is 0.0210. The zero-order valence-corrected chi connectivity index (χ0v) is 47.6. The molecule has 1 N–H and O–H groups in total. The fraction of sp³-hybridized carbons (Fsp3) is 0.841. The van der Waals surface area contributed by atoms with Gasteiger partial charge < -0.3 is 29.1 Å². The number of unbranched alkanes of at least 4 members (excludes halogenated alkanes) is 30. The molecule has 0 radical (unpaired) electrons. The molecule has 0 aliphatic heterocycles. The van der Waals surface area contributed by atoms with Gasteiger partial charge in [-0.3, -0.25) is 9.59 Å². The van der Waals surface area contributed by atoms with Crippen LogP contribution in [0.3, 0.4) is 0 Å². The third-order valence-electron chi connectivity index (χ3n) is 13.8. The molecule has 72 heavy (non-hydrogen) atoms. The van der Waals surface area contributed by atoms with Crippen LogP contribution in [-0.4, -0.2) is 98.5 Å². The summed E-state index contributed by atoms with van der Waals surface area (Å²) < 4.78 is 16.4. The van der Waals surface area contributed by atoms with Crippen molar-refractivity contribution in [3.05, 3.63) is 42.2 Å². The van der Waals surface area contributed by atoms with E-state index in [-0.39, 0.29) is 18.5 Å². The highest BCUT2D eigenvalue weighted by Crippen LogP contribution is 2.15. The van der Waals surface area contributed by atoms with E-state index in [9.17, 15) is 19.5 Å². The number of ether oxygens (including phenoxy) is 3. The number of esters is 2. The fourth-order valence-electron chi connectivity index (χ4n) is 9.16. The lowest BCUT2D eigenvalue weighted by molar-refractivity contribution is -0.143. The Balaban J connectivity index is 4.51. The van der Waals surface area contributed by atoms with E-state index < -0.39 is 0 Å². The lowest BCUT2D eigenvalue weighted by Crippen LogP contribution is -2.33. The largest absolute Gasteiger partial charge is 0.482 e. The van der Waals surface area contributed by atoms with Crippen LogP contribution in [0.25, 0.3) is 0 Å². The predicted octanol–water partition coefficient (Wildman–Crippen LogP) is 16.7. The molecule has 0 saturated heterocycles. The van der Waals surface area contributed by atoms with Crippen LogP contribution in [0.4, 0.5) is 0 Å². The summed E-state index contributed by atoms with van der Waals surface area (Å²) >= 11 is 0. The highest BCUT2D eigenvalue weighted by Gasteiger charge is 2.10. The van der Waals surface area contributed by atoms with Crippen LogP contribution >= 0.6 is 0 Å². The van der Waals surface area contributed by atoms with E-state index in [1.165, 1.54) is 173 Å². The van der Waals surface area contributed by atoms with Crippen molar-refractivity contribution < 1.29 is 33.7 Å². The minimum atomic E-state index is -0.0667. The Hall–Kier alpha value is -2.71. The Labute approximate surface area is 445 Å². The summed E-state index contributed by atoms with van der Waals surface area (Å²) in [4.78, 5) is 40.8.